The zero-order valence-electron chi connectivity index (χ0n) is 11.5. The third-order valence-electron chi connectivity index (χ3n) is 4.85. The van der Waals surface area contributed by atoms with Gasteiger partial charge in [0.05, 0.1) is 10.9 Å². The summed E-state index contributed by atoms with van der Waals surface area (Å²) in [7, 11) is 0. The standard InChI is InChI=1S/C15H21ClN2OS/c16-13-5-4-12(20-13)8-18-15(19)11-6-9-2-1-3-10(7-11)14(9)17/h4-5,9-11,14H,1-3,6-8,17H2,(H,18,19). The van der Waals surface area contributed by atoms with Gasteiger partial charge in [0.1, 0.15) is 0 Å². The molecule has 3 N–H and O–H groups in total. The lowest BCUT2D eigenvalue weighted by Gasteiger charge is -2.43. The number of hydrogen-bond donors (Lipinski definition) is 2. The minimum atomic E-state index is 0.153. The van der Waals surface area contributed by atoms with Gasteiger partial charge in [0.2, 0.25) is 5.91 Å². The van der Waals surface area contributed by atoms with E-state index in [1.54, 1.807) is 0 Å². The number of amides is 1. The van der Waals surface area contributed by atoms with Crippen LogP contribution in [0, 0.1) is 17.8 Å². The Bertz CT molecular complexity index is 476. The molecule has 3 rings (SSSR count). The van der Waals surface area contributed by atoms with E-state index in [2.05, 4.69) is 5.32 Å². The van der Waals surface area contributed by atoms with Crippen molar-refractivity contribution in [2.24, 2.45) is 23.5 Å². The largest absolute Gasteiger partial charge is 0.351 e. The number of hydrogen-bond acceptors (Lipinski definition) is 3. The Morgan fingerprint density at radius 1 is 1.35 bits per heavy atom. The molecule has 2 saturated carbocycles. The summed E-state index contributed by atoms with van der Waals surface area (Å²) in [4.78, 5) is 13.4. The van der Waals surface area contributed by atoms with E-state index in [9.17, 15) is 4.79 Å². The van der Waals surface area contributed by atoms with Gasteiger partial charge in [-0.2, -0.15) is 0 Å². The molecule has 0 aliphatic heterocycles. The van der Waals surface area contributed by atoms with Gasteiger partial charge in [0.25, 0.3) is 0 Å². The smallest absolute Gasteiger partial charge is 0.223 e. The van der Waals surface area contributed by atoms with Crippen molar-refractivity contribution in [3.63, 3.8) is 0 Å². The summed E-state index contributed by atoms with van der Waals surface area (Å²) in [6, 6.07) is 4.17. The Morgan fingerprint density at radius 2 is 2.05 bits per heavy atom. The highest BCUT2D eigenvalue weighted by atomic mass is 35.5. The Morgan fingerprint density at radius 3 is 2.65 bits per heavy atom. The zero-order chi connectivity index (χ0) is 14.1. The van der Waals surface area contributed by atoms with E-state index in [1.807, 2.05) is 12.1 Å². The summed E-state index contributed by atoms with van der Waals surface area (Å²) in [5, 5.41) is 3.06. The van der Waals surface area contributed by atoms with Crippen LogP contribution in [0.25, 0.3) is 0 Å². The number of halogens is 1. The normalized spacial score (nSPS) is 32.9. The maximum Gasteiger partial charge on any atom is 0.223 e. The van der Waals surface area contributed by atoms with Gasteiger partial charge < -0.3 is 11.1 Å². The summed E-state index contributed by atoms with van der Waals surface area (Å²) >= 11 is 7.42. The molecule has 2 bridgehead atoms. The Kier molecular flexibility index (Phi) is 4.34. The Hall–Kier alpha value is -0.580. The van der Waals surface area contributed by atoms with Crippen LogP contribution < -0.4 is 11.1 Å². The molecule has 0 radical (unpaired) electrons. The van der Waals surface area contributed by atoms with Gasteiger partial charge in [-0.05, 0) is 49.7 Å². The lowest BCUT2D eigenvalue weighted by Crippen LogP contribution is -2.49. The maximum absolute atomic E-state index is 12.3. The van der Waals surface area contributed by atoms with Crippen molar-refractivity contribution in [3.05, 3.63) is 21.3 Å². The van der Waals surface area contributed by atoms with Crippen LogP contribution in [-0.2, 0) is 11.3 Å². The molecule has 0 saturated heterocycles. The fraction of sp³-hybridized carbons (Fsp3) is 0.667. The van der Waals surface area contributed by atoms with E-state index in [-0.39, 0.29) is 11.8 Å². The zero-order valence-corrected chi connectivity index (χ0v) is 13.1. The van der Waals surface area contributed by atoms with Crippen LogP contribution in [-0.4, -0.2) is 11.9 Å². The fourth-order valence-corrected chi connectivity index (χ4v) is 4.80. The van der Waals surface area contributed by atoms with Crippen molar-refractivity contribution < 1.29 is 4.79 Å². The maximum atomic E-state index is 12.3. The van der Waals surface area contributed by atoms with Crippen molar-refractivity contribution in [1.82, 2.24) is 5.32 Å². The van der Waals surface area contributed by atoms with Gasteiger partial charge >= 0.3 is 0 Å². The molecule has 110 valence electrons. The number of nitrogens with one attached hydrogen (secondary N) is 1. The van der Waals surface area contributed by atoms with Gasteiger partial charge in [-0.3, -0.25) is 4.79 Å². The molecule has 5 heteroatoms. The van der Waals surface area contributed by atoms with Crippen molar-refractivity contribution in [3.8, 4) is 0 Å². The van der Waals surface area contributed by atoms with E-state index in [0.29, 0.717) is 24.4 Å². The highest BCUT2D eigenvalue weighted by Crippen LogP contribution is 2.41. The number of thiophene rings is 1. The van der Waals surface area contributed by atoms with Crippen molar-refractivity contribution in [2.75, 3.05) is 0 Å². The molecule has 20 heavy (non-hydrogen) atoms. The van der Waals surface area contributed by atoms with Gasteiger partial charge in [-0.1, -0.05) is 18.0 Å². The van der Waals surface area contributed by atoms with Crippen LogP contribution in [0.1, 0.15) is 37.0 Å². The lowest BCUT2D eigenvalue weighted by atomic mass is 9.65. The van der Waals surface area contributed by atoms with E-state index < -0.39 is 0 Å². The van der Waals surface area contributed by atoms with Gasteiger partial charge in [0, 0.05) is 16.8 Å². The molecule has 3 nitrogen and oxygen atoms in total. The van der Waals surface area contributed by atoms with E-state index in [1.165, 1.54) is 30.6 Å². The molecule has 2 fully saturated rings. The predicted molar refractivity (Wildman–Crippen MR) is 82.7 cm³/mol. The number of carbonyl (C=O) groups excluding carboxylic acids is 1. The molecule has 1 heterocycles. The number of carbonyl (C=O) groups is 1. The molecule has 1 aromatic rings. The molecule has 2 atom stereocenters. The molecule has 1 amide bonds. The SMILES string of the molecule is NC1C2CCCC1CC(C(=O)NCc1ccc(Cl)s1)C2. The Balaban J connectivity index is 1.55. The monoisotopic (exact) mass is 312 g/mol. The summed E-state index contributed by atoms with van der Waals surface area (Å²) in [5.74, 6) is 1.45. The molecular formula is C15H21ClN2OS. The minimum Gasteiger partial charge on any atom is -0.351 e. The van der Waals surface area contributed by atoms with Crippen LogP contribution in [0.3, 0.4) is 0 Å². The average Bonchev–Trinajstić information content (AvgIpc) is 2.81. The summed E-state index contributed by atoms with van der Waals surface area (Å²) in [6.07, 6.45) is 5.61. The molecule has 0 aromatic carbocycles. The molecular weight excluding hydrogens is 292 g/mol. The van der Waals surface area contributed by atoms with Crippen molar-refractivity contribution >= 4 is 28.8 Å². The Labute approximate surface area is 128 Å². The van der Waals surface area contributed by atoms with Gasteiger partial charge in [-0.15, -0.1) is 11.3 Å². The number of fused-ring (bicyclic) bond motifs is 2. The average molecular weight is 313 g/mol. The summed E-state index contributed by atoms with van der Waals surface area (Å²) < 4.78 is 0.771. The van der Waals surface area contributed by atoms with Crippen LogP contribution in [0.5, 0.6) is 0 Å². The second-order valence-corrected chi connectivity index (χ2v) is 7.92. The second kappa shape index (κ2) is 6.04. The highest BCUT2D eigenvalue weighted by Gasteiger charge is 2.40. The first-order chi connectivity index (χ1) is 9.63. The first-order valence-corrected chi connectivity index (χ1v) is 8.60. The molecule has 0 spiro atoms. The first kappa shape index (κ1) is 14.4. The quantitative estimate of drug-likeness (QED) is 0.900. The molecule has 2 unspecified atom stereocenters. The minimum absolute atomic E-state index is 0.153. The third-order valence-corrected chi connectivity index (χ3v) is 6.08. The third kappa shape index (κ3) is 3.02. The van der Waals surface area contributed by atoms with E-state index in [0.717, 1.165) is 22.1 Å². The van der Waals surface area contributed by atoms with Crippen molar-refractivity contribution in [1.29, 1.82) is 0 Å². The molecule has 2 aliphatic carbocycles. The topological polar surface area (TPSA) is 55.1 Å². The van der Waals surface area contributed by atoms with Crippen LogP contribution in [0.2, 0.25) is 4.34 Å². The molecule has 1 aromatic heterocycles. The number of rotatable bonds is 3. The molecule has 2 aliphatic rings. The van der Waals surface area contributed by atoms with Gasteiger partial charge in [0.15, 0.2) is 0 Å². The van der Waals surface area contributed by atoms with E-state index >= 15 is 0 Å². The number of nitrogens with two attached hydrogens (primary N) is 1. The van der Waals surface area contributed by atoms with Crippen LogP contribution >= 0.6 is 22.9 Å². The summed E-state index contributed by atoms with van der Waals surface area (Å²) in [5.41, 5.74) is 6.27. The van der Waals surface area contributed by atoms with Crippen LogP contribution in [0.4, 0.5) is 0 Å². The van der Waals surface area contributed by atoms with Gasteiger partial charge in [-0.25, -0.2) is 0 Å². The van der Waals surface area contributed by atoms with E-state index in [4.69, 9.17) is 17.3 Å². The van der Waals surface area contributed by atoms with Crippen LogP contribution in [0.15, 0.2) is 12.1 Å². The fourth-order valence-electron chi connectivity index (χ4n) is 3.77. The second-order valence-electron chi connectivity index (χ2n) is 6.12. The first-order valence-electron chi connectivity index (χ1n) is 7.41. The highest BCUT2D eigenvalue weighted by molar-refractivity contribution is 7.16. The lowest BCUT2D eigenvalue weighted by molar-refractivity contribution is -0.128. The predicted octanol–water partition coefficient (Wildman–Crippen LogP) is 3.17. The van der Waals surface area contributed by atoms with Crippen molar-refractivity contribution in [2.45, 2.75) is 44.7 Å². The summed E-state index contributed by atoms with van der Waals surface area (Å²) in [6.45, 7) is 0.591.